The van der Waals surface area contributed by atoms with Gasteiger partial charge in [0.25, 0.3) is 5.22 Å². The normalized spacial score (nSPS) is 10.4. The average Bonchev–Trinajstić information content (AvgIpc) is 2.83. The minimum absolute atomic E-state index is 0.0303. The van der Waals surface area contributed by atoms with Crippen LogP contribution in [0.15, 0.2) is 27.8 Å². The van der Waals surface area contributed by atoms with Crippen LogP contribution < -0.4 is 11.1 Å². The van der Waals surface area contributed by atoms with Crippen molar-refractivity contribution in [1.29, 1.82) is 0 Å². The smallest absolute Gasteiger partial charge is 0.318 e. The van der Waals surface area contributed by atoms with Crippen molar-refractivity contribution in [3.63, 3.8) is 0 Å². The molecular formula is C13H14N4O3S. The predicted molar refractivity (Wildman–Crippen MR) is 77.7 cm³/mol. The van der Waals surface area contributed by atoms with Crippen LogP contribution in [0.4, 0.5) is 4.79 Å². The number of imide groups is 1. The largest absolute Gasteiger partial charge is 0.411 e. The lowest BCUT2D eigenvalue weighted by Gasteiger charge is -2.00. The van der Waals surface area contributed by atoms with E-state index in [1.54, 1.807) is 0 Å². The molecule has 3 amide bonds. The number of aromatic nitrogens is 2. The van der Waals surface area contributed by atoms with E-state index >= 15 is 0 Å². The molecule has 0 aliphatic rings. The highest BCUT2D eigenvalue weighted by atomic mass is 32.2. The highest BCUT2D eigenvalue weighted by Crippen LogP contribution is 2.24. The number of carbonyl (C=O) groups is 2. The summed E-state index contributed by atoms with van der Waals surface area (Å²) in [5, 5.41) is 10.0. The van der Waals surface area contributed by atoms with Gasteiger partial charge in [-0.15, -0.1) is 10.2 Å². The summed E-state index contributed by atoms with van der Waals surface area (Å²) >= 11 is 1.03. The zero-order valence-corrected chi connectivity index (χ0v) is 12.4. The standard InChI is InChI=1S/C13H14N4O3S/c1-7-3-8(2)5-9(4-7)11-16-17-13(20-11)21-6-10(18)15-12(14)19/h3-5H,6H2,1-2H3,(H3,14,15,18,19). The zero-order chi connectivity index (χ0) is 15.4. The van der Waals surface area contributed by atoms with Crippen molar-refractivity contribution in [2.75, 3.05) is 5.75 Å². The minimum Gasteiger partial charge on any atom is -0.411 e. The van der Waals surface area contributed by atoms with Crippen LogP contribution in [-0.2, 0) is 4.79 Å². The first-order valence-electron chi connectivity index (χ1n) is 6.08. The topological polar surface area (TPSA) is 111 Å². The van der Waals surface area contributed by atoms with Gasteiger partial charge in [-0.25, -0.2) is 4.79 Å². The molecule has 1 aromatic carbocycles. The monoisotopic (exact) mass is 306 g/mol. The van der Waals surface area contributed by atoms with Crippen LogP contribution in [0.3, 0.4) is 0 Å². The SMILES string of the molecule is Cc1cc(C)cc(-c2nnc(SCC(=O)NC(N)=O)o2)c1. The maximum Gasteiger partial charge on any atom is 0.318 e. The summed E-state index contributed by atoms with van der Waals surface area (Å²) in [6, 6.07) is 5.04. The lowest BCUT2D eigenvalue weighted by molar-refractivity contribution is -0.117. The summed E-state index contributed by atoms with van der Waals surface area (Å²) in [4.78, 5) is 21.8. The first-order chi connectivity index (χ1) is 9.94. The summed E-state index contributed by atoms with van der Waals surface area (Å²) in [6.07, 6.45) is 0. The molecule has 0 saturated carbocycles. The van der Waals surface area contributed by atoms with E-state index in [-0.39, 0.29) is 11.0 Å². The Bertz CT molecular complexity index is 664. The molecule has 0 aliphatic carbocycles. The zero-order valence-electron chi connectivity index (χ0n) is 11.5. The maximum absolute atomic E-state index is 11.3. The van der Waals surface area contributed by atoms with Crippen molar-refractivity contribution in [3.05, 3.63) is 29.3 Å². The van der Waals surface area contributed by atoms with Gasteiger partial charge in [-0.05, 0) is 26.0 Å². The van der Waals surface area contributed by atoms with Crippen LogP contribution in [0.25, 0.3) is 11.5 Å². The Labute approximate surface area is 125 Å². The lowest BCUT2D eigenvalue weighted by atomic mass is 10.1. The van der Waals surface area contributed by atoms with Gasteiger partial charge < -0.3 is 10.2 Å². The molecule has 3 N–H and O–H groups in total. The summed E-state index contributed by atoms with van der Waals surface area (Å²) in [5.41, 5.74) is 7.86. The third kappa shape index (κ3) is 4.32. The molecule has 0 bridgehead atoms. The second kappa shape index (κ2) is 6.40. The number of urea groups is 1. The Morgan fingerprint density at radius 2 is 1.90 bits per heavy atom. The molecule has 0 radical (unpaired) electrons. The Kier molecular flexibility index (Phi) is 4.59. The Hall–Kier alpha value is -2.35. The third-order valence-electron chi connectivity index (χ3n) is 2.46. The number of nitrogens with zero attached hydrogens (tertiary/aromatic N) is 2. The van der Waals surface area contributed by atoms with Gasteiger partial charge in [0.1, 0.15) is 0 Å². The fourth-order valence-corrected chi connectivity index (χ4v) is 2.35. The number of primary amides is 1. The van der Waals surface area contributed by atoms with E-state index < -0.39 is 11.9 Å². The molecule has 0 saturated heterocycles. The molecule has 8 heteroatoms. The van der Waals surface area contributed by atoms with Crippen LogP contribution in [0.2, 0.25) is 0 Å². The molecule has 0 aliphatic heterocycles. The molecule has 0 fully saturated rings. The van der Waals surface area contributed by atoms with Gasteiger partial charge in [0.15, 0.2) is 0 Å². The van der Waals surface area contributed by atoms with E-state index in [1.807, 2.05) is 37.4 Å². The van der Waals surface area contributed by atoms with E-state index in [0.717, 1.165) is 28.5 Å². The lowest BCUT2D eigenvalue weighted by Crippen LogP contribution is -2.36. The number of nitrogens with two attached hydrogens (primary N) is 1. The molecule has 7 nitrogen and oxygen atoms in total. The number of hydrogen-bond acceptors (Lipinski definition) is 6. The van der Waals surface area contributed by atoms with Crippen LogP contribution >= 0.6 is 11.8 Å². The van der Waals surface area contributed by atoms with Crippen LogP contribution in [0, 0.1) is 13.8 Å². The van der Waals surface area contributed by atoms with Gasteiger partial charge in [0.05, 0.1) is 5.75 Å². The van der Waals surface area contributed by atoms with Crippen molar-refractivity contribution >= 4 is 23.7 Å². The van der Waals surface area contributed by atoms with E-state index in [0.29, 0.717) is 5.89 Å². The van der Waals surface area contributed by atoms with E-state index in [1.165, 1.54) is 0 Å². The quantitative estimate of drug-likeness (QED) is 0.831. The number of aryl methyl sites for hydroxylation is 2. The van der Waals surface area contributed by atoms with Crippen molar-refractivity contribution in [1.82, 2.24) is 15.5 Å². The summed E-state index contributed by atoms with van der Waals surface area (Å²) in [5.74, 6) is -0.157. The molecule has 2 aromatic rings. The first kappa shape index (κ1) is 15.0. The third-order valence-corrected chi connectivity index (χ3v) is 3.28. The molecule has 1 aromatic heterocycles. The van der Waals surface area contributed by atoms with E-state index in [9.17, 15) is 9.59 Å². The van der Waals surface area contributed by atoms with Gasteiger partial charge in [0, 0.05) is 5.56 Å². The molecular weight excluding hydrogens is 292 g/mol. The maximum atomic E-state index is 11.3. The minimum atomic E-state index is -0.887. The van der Waals surface area contributed by atoms with Gasteiger partial charge in [-0.2, -0.15) is 0 Å². The molecule has 2 rings (SSSR count). The molecule has 0 unspecified atom stereocenters. The summed E-state index contributed by atoms with van der Waals surface area (Å²) < 4.78 is 5.48. The second-order valence-corrected chi connectivity index (χ2v) is 5.38. The van der Waals surface area contributed by atoms with Gasteiger partial charge in [-0.3, -0.25) is 10.1 Å². The fourth-order valence-electron chi connectivity index (χ4n) is 1.78. The van der Waals surface area contributed by atoms with Crippen LogP contribution in [0.1, 0.15) is 11.1 Å². The Balaban J connectivity index is 2.04. The number of rotatable bonds is 4. The molecule has 110 valence electrons. The number of benzene rings is 1. The molecule has 0 atom stereocenters. The van der Waals surface area contributed by atoms with E-state index in [2.05, 4.69) is 10.2 Å². The highest BCUT2D eigenvalue weighted by molar-refractivity contribution is 7.99. The molecule has 21 heavy (non-hydrogen) atoms. The predicted octanol–water partition coefficient (Wildman–Crippen LogP) is 1.64. The number of amides is 3. The molecule has 0 spiro atoms. The molecule has 1 heterocycles. The summed E-state index contributed by atoms with van der Waals surface area (Å²) in [6.45, 7) is 3.97. The highest BCUT2D eigenvalue weighted by Gasteiger charge is 2.12. The van der Waals surface area contributed by atoms with E-state index in [4.69, 9.17) is 10.2 Å². The van der Waals surface area contributed by atoms with Crippen molar-refractivity contribution in [2.24, 2.45) is 5.73 Å². The average molecular weight is 306 g/mol. The van der Waals surface area contributed by atoms with Crippen molar-refractivity contribution in [2.45, 2.75) is 19.1 Å². The Morgan fingerprint density at radius 3 is 2.52 bits per heavy atom. The van der Waals surface area contributed by atoms with Crippen molar-refractivity contribution in [3.8, 4) is 11.5 Å². The first-order valence-corrected chi connectivity index (χ1v) is 7.07. The van der Waals surface area contributed by atoms with Gasteiger partial charge in [-0.1, -0.05) is 29.0 Å². The Morgan fingerprint density at radius 1 is 1.24 bits per heavy atom. The number of carbonyl (C=O) groups excluding carboxylic acids is 2. The number of nitrogens with one attached hydrogen (secondary N) is 1. The van der Waals surface area contributed by atoms with Crippen molar-refractivity contribution < 1.29 is 14.0 Å². The number of thioether (sulfide) groups is 1. The number of hydrogen-bond donors (Lipinski definition) is 2. The van der Waals surface area contributed by atoms with Crippen LogP contribution in [-0.4, -0.2) is 27.9 Å². The van der Waals surface area contributed by atoms with Gasteiger partial charge >= 0.3 is 6.03 Å². The van der Waals surface area contributed by atoms with Crippen LogP contribution in [0.5, 0.6) is 0 Å². The second-order valence-electron chi connectivity index (χ2n) is 4.45. The fraction of sp³-hybridized carbons (Fsp3) is 0.231. The summed E-state index contributed by atoms with van der Waals surface area (Å²) in [7, 11) is 0. The van der Waals surface area contributed by atoms with Gasteiger partial charge in [0.2, 0.25) is 11.8 Å².